The summed E-state index contributed by atoms with van der Waals surface area (Å²) in [5.41, 5.74) is -0.597. The first-order valence-corrected chi connectivity index (χ1v) is 12.9. The Labute approximate surface area is 219 Å². The number of aromatic nitrogens is 1. The van der Waals surface area contributed by atoms with Crippen molar-refractivity contribution in [2.45, 2.75) is 32.4 Å². The van der Waals surface area contributed by atoms with Gasteiger partial charge in [0.1, 0.15) is 21.7 Å². The van der Waals surface area contributed by atoms with Gasteiger partial charge in [0.2, 0.25) is 5.43 Å². The number of thiazole rings is 1. The monoisotopic (exact) mass is 536 g/mol. The molecular formula is C26H24N4O7S. The van der Waals surface area contributed by atoms with E-state index >= 15 is 0 Å². The summed E-state index contributed by atoms with van der Waals surface area (Å²) in [6.07, 6.45) is -0.499. The lowest BCUT2D eigenvalue weighted by Gasteiger charge is -2.24. The van der Waals surface area contributed by atoms with E-state index in [1.165, 1.54) is 12.1 Å². The van der Waals surface area contributed by atoms with Crippen LogP contribution in [-0.4, -0.2) is 51.2 Å². The number of fused-ring (bicyclic) bond motifs is 6. The Balaban J connectivity index is 1.43. The molecule has 38 heavy (non-hydrogen) atoms. The molecule has 1 saturated heterocycles. The number of nitrogens with one attached hydrogen (secondary N) is 1. The Kier molecular flexibility index (Phi) is 5.18. The molecule has 2 aromatic heterocycles. The summed E-state index contributed by atoms with van der Waals surface area (Å²) in [5, 5.41) is 25.1. The molecule has 0 spiro atoms. The van der Waals surface area contributed by atoms with Gasteiger partial charge in [0, 0.05) is 42.4 Å². The van der Waals surface area contributed by atoms with Crippen molar-refractivity contribution in [1.29, 1.82) is 0 Å². The second-order valence-corrected chi connectivity index (χ2v) is 11.8. The molecule has 6 rings (SSSR count). The van der Waals surface area contributed by atoms with Crippen molar-refractivity contribution < 1.29 is 24.4 Å². The molecule has 196 valence electrons. The van der Waals surface area contributed by atoms with Crippen LogP contribution in [0.1, 0.15) is 31.1 Å². The predicted octanol–water partition coefficient (Wildman–Crippen LogP) is 4.23. The maximum Gasteiger partial charge on any atom is 0.407 e. The van der Waals surface area contributed by atoms with Crippen LogP contribution in [0.5, 0.6) is 0 Å². The second-order valence-electron chi connectivity index (χ2n) is 10.7. The molecule has 2 aliphatic rings. The highest BCUT2D eigenvalue weighted by Crippen LogP contribution is 2.49. The number of para-hydroxylation sites is 1. The minimum absolute atomic E-state index is 0.0818. The predicted molar refractivity (Wildman–Crippen MR) is 143 cm³/mol. The third-order valence-corrected chi connectivity index (χ3v) is 8.31. The van der Waals surface area contributed by atoms with Gasteiger partial charge in [0.25, 0.3) is 5.69 Å². The van der Waals surface area contributed by atoms with E-state index in [-0.39, 0.29) is 50.5 Å². The van der Waals surface area contributed by atoms with E-state index in [0.717, 1.165) is 16.0 Å². The third kappa shape index (κ3) is 3.74. The van der Waals surface area contributed by atoms with Gasteiger partial charge in [0.05, 0.1) is 20.7 Å². The molecule has 0 radical (unpaired) electrons. The van der Waals surface area contributed by atoms with E-state index in [1.54, 1.807) is 37.3 Å². The van der Waals surface area contributed by atoms with Gasteiger partial charge in [-0.1, -0.05) is 12.1 Å². The minimum Gasteiger partial charge on any atom is -0.477 e. The normalized spacial score (nSPS) is 20.6. The zero-order chi connectivity index (χ0) is 27.1. The molecule has 1 amide bonds. The van der Waals surface area contributed by atoms with Crippen LogP contribution in [0.15, 0.2) is 41.2 Å². The van der Waals surface area contributed by atoms with Gasteiger partial charge in [-0.15, -0.1) is 11.3 Å². The fourth-order valence-corrected chi connectivity index (χ4v) is 6.71. The topological polar surface area (TPSA) is 143 Å². The summed E-state index contributed by atoms with van der Waals surface area (Å²) in [6.45, 7) is 6.26. The van der Waals surface area contributed by atoms with E-state index in [1.807, 2.05) is 17.0 Å². The number of nitro groups is 1. The maximum atomic E-state index is 13.4. The first-order chi connectivity index (χ1) is 17.9. The number of carbonyl (C=O) groups is 2. The molecule has 2 N–H and O–H groups in total. The fourth-order valence-electron chi connectivity index (χ4n) is 5.52. The van der Waals surface area contributed by atoms with Crippen LogP contribution in [0.25, 0.3) is 25.9 Å². The molecule has 0 bridgehead atoms. The smallest absolute Gasteiger partial charge is 0.407 e. The van der Waals surface area contributed by atoms with Crippen LogP contribution < -0.4 is 15.6 Å². The number of carboxylic acids is 1. The number of benzene rings is 2. The average molecular weight is 537 g/mol. The van der Waals surface area contributed by atoms with Crippen molar-refractivity contribution in [3.05, 3.63) is 62.3 Å². The van der Waals surface area contributed by atoms with Gasteiger partial charge < -0.3 is 20.1 Å². The van der Waals surface area contributed by atoms with Gasteiger partial charge in [0.15, 0.2) is 0 Å². The summed E-state index contributed by atoms with van der Waals surface area (Å²) in [4.78, 5) is 51.5. The van der Waals surface area contributed by atoms with Gasteiger partial charge in [-0.05, 0) is 39.0 Å². The Morgan fingerprint density at radius 2 is 1.84 bits per heavy atom. The number of piperidine rings is 1. The zero-order valence-corrected chi connectivity index (χ0v) is 21.6. The quantitative estimate of drug-likeness (QED) is 0.291. The molecule has 3 heterocycles. The first-order valence-electron chi connectivity index (χ1n) is 12.1. The molecule has 11 nitrogen and oxygen atoms in total. The minimum atomic E-state index is -1.35. The molecule has 1 aliphatic heterocycles. The highest BCUT2D eigenvalue weighted by Gasteiger charge is 2.57. The molecule has 2 fully saturated rings. The number of rotatable bonds is 4. The molecule has 1 saturated carbocycles. The number of alkyl carbamates (subject to hydrolysis) is 1. The molecule has 2 aromatic carbocycles. The number of nitro benzene ring substituents is 1. The van der Waals surface area contributed by atoms with Gasteiger partial charge in [-0.3, -0.25) is 19.3 Å². The van der Waals surface area contributed by atoms with Crippen molar-refractivity contribution in [3.63, 3.8) is 0 Å². The highest BCUT2D eigenvalue weighted by atomic mass is 32.1. The van der Waals surface area contributed by atoms with Crippen LogP contribution in [0.4, 0.5) is 16.2 Å². The van der Waals surface area contributed by atoms with E-state index in [4.69, 9.17) is 4.74 Å². The van der Waals surface area contributed by atoms with Crippen LogP contribution in [0.3, 0.4) is 0 Å². The zero-order valence-electron chi connectivity index (χ0n) is 20.8. The number of nitrogens with zero attached hydrogens (tertiary/aromatic N) is 3. The molecule has 2 atom stereocenters. The second kappa shape index (κ2) is 8.15. The molecule has 12 heteroatoms. The molecule has 2 unspecified atom stereocenters. The highest BCUT2D eigenvalue weighted by molar-refractivity contribution is 7.24. The fraction of sp³-hybridized carbons (Fsp3) is 0.346. The number of aromatic carboxylic acids is 1. The summed E-state index contributed by atoms with van der Waals surface area (Å²) in [6, 6.07) is 9.94. The van der Waals surface area contributed by atoms with E-state index < -0.39 is 28.0 Å². The number of hydrogen-bond acceptors (Lipinski definition) is 8. The van der Waals surface area contributed by atoms with Crippen molar-refractivity contribution in [2.75, 3.05) is 18.0 Å². The van der Waals surface area contributed by atoms with Gasteiger partial charge in [-0.25, -0.2) is 9.59 Å². The van der Waals surface area contributed by atoms with Crippen molar-refractivity contribution in [1.82, 2.24) is 9.72 Å². The summed E-state index contributed by atoms with van der Waals surface area (Å²) < 4.78 is 7.71. The maximum absolute atomic E-state index is 13.4. The summed E-state index contributed by atoms with van der Waals surface area (Å²) in [7, 11) is 0. The molecular weight excluding hydrogens is 512 g/mol. The van der Waals surface area contributed by atoms with E-state index in [0.29, 0.717) is 18.6 Å². The SMILES string of the molecule is CC(C)(C)OC(=O)NC1C2CN(c3cc4c(=O)c(C(=O)O)c5sc6ccccc6n5c4cc3[N+](=O)[O-])CC21. The Morgan fingerprint density at radius 1 is 1.16 bits per heavy atom. The van der Waals surface area contributed by atoms with Gasteiger partial charge in [-0.2, -0.15) is 0 Å². The number of ether oxygens (including phenoxy) is 1. The first kappa shape index (κ1) is 24.2. The van der Waals surface area contributed by atoms with Gasteiger partial charge >= 0.3 is 12.1 Å². The lowest BCUT2D eigenvalue weighted by molar-refractivity contribution is -0.384. The largest absolute Gasteiger partial charge is 0.477 e. The number of hydrogen-bond donors (Lipinski definition) is 2. The number of pyridine rings is 1. The van der Waals surface area contributed by atoms with Crippen LogP contribution in [-0.2, 0) is 4.74 Å². The molecule has 4 aromatic rings. The number of anilines is 1. The van der Waals surface area contributed by atoms with Crippen molar-refractivity contribution >= 4 is 60.7 Å². The third-order valence-electron chi connectivity index (χ3n) is 7.16. The lowest BCUT2D eigenvalue weighted by atomic mass is 10.1. The number of carboxylic acid groups (broad SMARTS) is 1. The van der Waals surface area contributed by atoms with Crippen molar-refractivity contribution in [3.8, 4) is 0 Å². The standard InChI is InChI=1S/C26H24N4O7S/c1-26(2,3)37-25(34)27-21-13-10-28(11-14(13)21)17-8-12-16(9-18(17)30(35)36)29-15-6-4-5-7-19(15)38-23(29)20(22(12)31)24(32)33/h4-9,13-14,21H,10-11H2,1-3H3,(H,27,34)(H,32,33). The van der Waals surface area contributed by atoms with Crippen LogP contribution in [0.2, 0.25) is 0 Å². The molecule has 1 aliphatic carbocycles. The Bertz CT molecular complexity index is 1740. The Morgan fingerprint density at radius 3 is 2.47 bits per heavy atom. The number of carbonyl (C=O) groups excluding carboxylic acids is 1. The van der Waals surface area contributed by atoms with Crippen LogP contribution >= 0.6 is 11.3 Å². The van der Waals surface area contributed by atoms with Crippen LogP contribution in [0, 0.1) is 22.0 Å². The number of amides is 1. The lowest BCUT2D eigenvalue weighted by Crippen LogP contribution is -2.38. The average Bonchev–Trinajstić information content (AvgIpc) is 3.17. The summed E-state index contributed by atoms with van der Waals surface area (Å²) in [5.74, 6) is -1.16. The van der Waals surface area contributed by atoms with Crippen molar-refractivity contribution in [2.24, 2.45) is 11.8 Å². The van der Waals surface area contributed by atoms with E-state index in [2.05, 4.69) is 5.32 Å². The van der Waals surface area contributed by atoms with E-state index in [9.17, 15) is 29.6 Å². The summed E-state index contributed by atoms with van der Waals surface area (Å²) >= 11 is 1.16. The Hall–Kier alpha value is -4.19.